The number of hydrogen-bond donors (Lipinski definition) is 2. The number of nitrogens with zero attached hydrogens (tertiary/aromatic N) is 1. The van der Waals surface area contributed by atoms with Gasteiger partial charge in [0.25, 0.3) is 5.91 Å². The predicted octanol–water partition coefficient (Wildman–Crippen LogP) is 1.74. The second-order valence-electron chi connectivity index (χ2n) is 4.85. The number of guanidine groups is 1. The first-order valence-electron chi connectivity index (χ1n) is 6.03. The van der Waals surface area contributed by atoms with E-state index in [9.17, 15) is 13.6 Å². The van der Waals surface area contributed by atoms with Crippen molar-refractivity contribution in [1.29, 1.82) is 0 Å². The number of rotatable bonds is 3. The minimum Gasteiger partial charge on any atom is -0.340 e. The lowest BCUT2D eigenvalue weighted by Crippen LogP contribution is -2.26. The molecular weight excluding hydrogens is 252 g/mol. The Kier molecular flexibility index (Phi) is 3.78. The molecule has 0 aromatic heterocycles. The summed E-state index contributed by atoms with van der Waals surface area (Å²) >= 11 is 0. The molecule has 0 aliphatic carbocycles. The van der Waals surface area contributed by atoms with Crippen molar-refractivity contribution in [2.45, 2.75) is 19.9 Å². The number of nitrogens with one attached hydrogen (secondary N) is 2. The molecule has 1 atom stereocenters. The van der Waals surface area contributed by atoms with E-state index < -0.39 is 17.7 Å². The van der Waals surface area contributed by atoms with Crippen LogP contribution in [0.4, 0.5) is 8.78 Å². The summed E-state index contributed by atoms with van der Waals surface area (Å²) in [6.07, 6.45) is 0. The van der Waals surface area contributed by atoms with Gasteiger partial charge in [0, 0.05) is 12.6 Å². The van der Waals surface area contributed by atoms with Crippen molar-refractivity contribution >= 4 is 11.9 Å². The van der Waals surface area contributed by atoms with Crippen molar-refractivity contribution in [2.24, 2.45) is 10.9 Å². The first kappa shape index (κ1) is 13.5. The van der Waals surface area contributed by atoms with E-state index in [1.165, 1.54) is 0 Å². The monoisotopic (exact) mass is 267 g/mol. The summed E-state index contributed by atoms with van der Waals surface area (Å²) in [4.78, 5) is 15.9. The molecule has 1 fully saturated rings. The zero-order valence-corrected chi connectivity index (χ0v) is 10.7. The molecule has 0 saturated carbocycles. The van der Waals surface area contributed by atoms with Crippen molar-refractivity contribution in [1.82, 2.24) is 10.6 Å². The van der Waals surface area contributed by atoms with Crippen LogP contribution in [0.3, 0.4) is 0 Å². The molecule has 1 aliphatic rings. The molecule has 0 bridgehead atoms. The lowest BCUT2D eigenvalue weighted by Gasteiger charge is -2.08. The van der Waals surface area contributed by atoms with E-state index in [1.54, 1.807) is 0 Å². The van der Waals surface area contributed by atoms with Gasteiger partial charge < -0.3 is 5.32 Å². The van der Waals surface area contributed by atoms with Crippen LogP contribution in [0.5, 0.6) is 0 Å². The highest BCUT2D eigenvalue weighted by atomic mass is 19.1. The van der Waals surface area contributed by atoms with Gasteiger partial charge in [0.1, 0.15) is 17.7 Å². The number of carbonyl (C=O) groups excluding carboxylic acids is 1. The van der Waals surface area contributed by atoms with Crippen LogP contribution < -0.4 is 10.6 Å². The standard InChI is InChI=1S/C13H15F2N3O/c1-7(2)6-16-13-17-11(12(19)18-13)8-3-9(14)5-10(15)4-8/h3-5,7,11H,6H2,1-2H3,(H2,16,17,18,19). The molecular formula is C13H15F2N3O. The first-order chi connectivity index (χ1) is 8.95. The predicted molar refractivity (Wildman–Crippen MR) is 67.5 cm³/mol. The molecule has 1 unspecified atom stereocenters. The van der Waals surface area contributed by atoms with Gasteiger partial charge in [0.15, 0.2) is 5.96 Å². The second-order valence-corrected chi connectivity index (χ2v) is 4.85. The number of carbonyl (C=O) groups is 1. The zero-order chi connectivity index (χ0) is 14.0. The Morgan fingerprint density at radius 1 is 1.26 bits per heavy atom. The van der Waals surface area contributed by atoms with Crippen LogP contribution in [0.1, 0.15) is 25.5 Å². The summed E-state index contributed by atoms with van der Waals surface area (Å²) in [6.45, 7) is 4.56. The molecule has 1 amide bonds. The summed E-state index contributed by atoms with van der Waals surface area (Å²) in [5.74, 6) is -1.09. The topological polar surface area (TPSA) is 53.5 Å². The average molecular weight is 267 g/mol. The third-order valence-electron chi connectivity index (χ3n) is 2.62. The van der Waals surface area contributed by atoms with Gasteiger partial charge in [-0.1, -0.05) is 13.8 Å². The normalized spacial score (nSPS) is 20.8. The maximum atomic E-state index is 13.1. The van der Waals surface area contributed by atoms with E-state index in [4.69, 9.17) is 0 Å². The Morgan fingerprint density at radius 3 is 2.47 bits per heavy atom. The fourth-order valence-corrected chi connectivity index (χ4v) is 1.76. The summed E-state index contributed by atoms with van der Waals surface area (Å²) in [5, 5.41) is 5.37. The molecule has 0 radical (unpaired) electrons. The average Bonchev–Trinajstić information content (AvgIpc) is 2.66. The van der Waals surface area contributed by atoms with Gasteiger partial charge >= 0.3 is 0 Å². The van der Waals surface area contributed by atoms with Gasteiger partial charge in [0.05, 0.1) is 0 Å². The Balaban J connectivity index is 2.18. The third kappa shape index (κ3) is 3.27. The molecule has 102 valence electrons. The smallest absolute Gasteiger partial charge is 0.253 e. The van der Waals surface area contributed by atoms with Crippen molar-refractivity contribution in [3.05, 3.63) is 35.4 Å². The Labute approximate surface area is 109 Å². The molecule has 0 spiro atoms. The van der Waals surface area contributed by atoms with Crippen molar-refractivity contribution in [2.75, 3.05) is 6.54 Å². The van der Waals surface area contributed by atoms with E-state index in [2.05, 4.69) is 15.6 Å². The molecule has 1 aromatic rings. The SMILES string of the molecule is CC(C)CN=C1NC(=O)C(c2cc(F)cc(F)c2)N1. The maximum absolute atomic E-state index is 13.1. The molecule has 2 rings (SSSR count). The number of hydrogen-bond acceptors (Lipinski definition) is 2. The molecule has 6 heteroatoms. The molecule has 19 heavy (non-hydrogen) atoms. The summed E-state index contributed by atoms with van der Waals surface area (Å²) < 4.78 is 26.3. The van der Waals surface area contributed by atoms with Gasteiger partial charge in [-0.15, -0.1) is 0 Å². The molecule has 1 saturated heterocycles. The Morgan fingerprint density at radius 2 is 1.89 bits per heavy atom. The summed E-state index contributed by atoms with van der Waals surface area (Å²) in [5.41, 5.74) is 0.241. The quantitative estimate of drug-likeness (QED) is 0.876. The Bertz CT molecular complexity index is 508. The highest BCUT2D eigenvalue weighted by molar-refractivity contribution is 6.06. The Hall–Kier alpha value is -1.98. The first-order valence-corrected chi connectivity index (χ1v) is 6.03. The molecule has 1 heterocycles. The molecule has 4 nitrogen and oxygen atoms in total. The lowest BCUT2D eigenvalue weighted by atomic mass is 10.1. The van der Waals surface area contributed by atoms with E-state index in [0.717, 1.165) is 18.2 Å². The number of halogens is 2. The second kappa shape index (κ2) is 5.34. The fourth-order valence-electron chi connectivity index (χ4n) is 1.76. The zero-order valence-electron chi connectivity index (χ0n) is 10.7. The van der Waals surface area contributed by atoms with Gasteiger partial charge in [-0.2, -0.15) is 0 Å². The van der Waals surface area contributed by atoms with Crippen LogP contribution >= 0.6 is 0 Å². The third-order valence-corrected chi connectivity index (χ3v) is 2.62. The van der Waals surface area contributed by atoms with Crippen LogP contribution in [0, 0.1) is 17.6 Å². The minimum atomic E-state index is -0.809. The van der Waals surface area contributed by atoms with E-state index in [-0.39, 0.29) is 11.5 Å². The fraction of sp³-hybridized carbons (Fsp3) is 0.385. The van der Waals surface area contributed by atoms with E-state index >= 15 is 0 Å². The van der Waals surface area contributed by atoms with Crippen LogP contribution in [-0.2, 0) is 4.79 Å². The van der Waals surface area contributed by atoms with Crippen LogP contribution in [0.2, 0.25) is 0 Å². The van der Waals surface area contributed by atoms with Gasteiger partial charge in [-0.05, 0) is 23.6 Å². The molecule has 1 aromatic carbocycles. The minimum absolute atomic E-state index is 0.241. The summed E-state index contributed by atoms with van der Waals surface area (Å²) in [6, 6.07) is 2.22. The van der Waals surface area contributed by atoms with Gasteiger partial charge in [-0.25, -0.2) is 8.78 Å². The van der Waals surface area contributed by atoms with Crippen LogP contribution in [0.15, 0.2) is 23.2 Å². The number of amides is 1. The highest BCUT2D eigenvalue weighted by Crippen LogP contribution is 2.19. The van der Waals surface area contributed by atoms with E-state index in [0.29, 0.717) is 18.4 Å². The largest absolute Gasteiger partial charge is 0.340 e. The number of aliphatic imine (C=N–C) groups is 1. The lowest BCUT2D eigenvalue weighted by molar-refractivity contribution is -0.120. The molecule has 2 N–H and O–H groups in total. The maximum Gasteiger partial charge on any atom is 0.253 e. The van der Waals surface area contributed by atoms with Crippen molar-refractivity contribution in [3.63, 3.8) is 0 Å². The van der Waals surface area contributed by atoms with Crippen molar-refractivity contribution in [3.8, 4) is 0 Å². The van der Waals surface area contributed by atoms with Crippen LogP contribution in [-0.4, -0.2) is 18.4 Å². The molecule has 1 aliphatic heterocycles. The van der Waals surface area contributed by atoms with E-state index in [1.807, 2.05) is 13.8 Å². The van der Waals surface area contributed by atoms with Gasteiger partial charge in [-0.3, -0.25) is 15.1 Å². The van der Waals surface area contributed by atoms with Crippen LogP contribution in [0.25, 0.3) is 0 Å². The summed E-state index contributed by atoms with van der Waals surface area (Å²) in [7, 11) is 0. The highest BCUT2D eigenvalue weighted by Gasteiger charge is 2.30. The number of benzene rings is 1. The van der Waals surface area contributed by atoms with Gasteiger partial charge in [0.2, 0.25) is 0 Å². The van der Waals surface area contributed by atoms with Crippen molar-refractivity contribution < 1.29 is 13.6 Å².